The van der Waals surface area contributed by atoms with Crippen molar-refractivity contribution >= 4 is 28.9 Å². The lowest BCUT2D eigenvalue weighted by Gasteiger charge is -2.36. The molecular formula is C23H33N5O2. The van der Waals surface area contributed by atoms with Crippen LogP contribution in [0.4, 0.5) is 17.1 Å². The van der Waals surface area contributed by atoms with Gasteiger partial charge in [0, 0.05) is 25.6 Å². The zero-order chi connectivity index (χ0) is 22.1. The number of amides is 2. The summed E-state index contributed by atoms with van der Waals surface area (Å²) in [4.78, 5) is 30.5. The van der Waals surface area contributed by atoms with Crippen molar-refractivity contribution < 1.29 is 9.59 Å². The van der Waals surface area contributed by atoms with Crippen LogP contribution in [0.1, 0.15) is 63.1 Å². The van der Waals surface area contributed by atoms with Crippen LogP contribution >= 0.6 is 0 Å². The maximum absolute atomic E-state index is 13.6. The molecule has 0 saturated carbocycles. The minimum Gasteiger partial charge on any atom is -0.319 e. The average molecular weight is 412 g/mol. The van der Waals surface area contributed by atoms with Gasteiger partial charge in [-0.25, -0.2) is 0 Å². The summed E-state index contributed by atoms with van der Waals surface area (Å²) in [6.07, 6.45) is 2.58. The third-order valence-electron chi connectivity index (χ3n) is 5.60. The molecule has 2 aromatic rings. The summed E-state index contributed by atoms with van der Waals surface area (Å²) in [7, 11) is 1.73. The van der Waals surface area contributed by atoms with Gasteiger partial charge in [-0.3, -0.25) is 24.1 Å². The van der Waals surface area contributed by atoms with Gasteiger partial charge < -0.3 is 5.32 Å². The van der Waals surface area contributed by atoms with E-state index in [1.165, 1.54) is 0 Å². The highest BCUT2D eigenvalue weighted by Crippen LogP contribution is 2.39. The van der Waals surface area contributed by atoms with Gasteiger partial charge in [0.1, 0.15) is 5.69 Å². The average Bonchev–Trinajstić information content (AvgIpc) is 2.88. The maximum Gasteiger partial charge on any atom is 0.276 e. The molecule has 7 nitrogen and oxygen atoms in total. The number of nitrogens with one attached hydrogen (secondary N) is 1. The molecule has 0 fully saturated rings. The molecule has 1 aromatic heterocycles. The summed E-state index contributed by atoms with van der Waals surface area (Å²) >= 11 is 0. The molecule has 2 amide bonds. The minimum absolute atomic E-state index is 0.0148. The first-order chi connectivity index (χ1) is 14.1. The Kier molecular flexibility index (Phi) is 6.31. The van der Waals surface area contributed by atoms with E-state index in [2.05, 4.69) is 43.0 Å². The second-order valence-electron chi connectivity index (χ2n) is 8.87. The number of anilines is 3. The van der Waals surface area contributed by atoms with Crippen LogP contribution in [0, 0.1) is 6.92 Å². The van der Waals surface area contributed by atoms with Crippen LogP contribution in [0.5, 0.6) is 0 Å². The zero-order valence-electron chi connectivity index (χ0n) is 19.0. The van der Waals surface area contributed by atoms with Gasteiger partial charge in [-0.05, 0) is 52.8 Å². The number of carbonyl (C=O) groups excluding carboxylic acids is 2. The number of aryl methyl sites for hydroxylation is 2. The van der Waals surface area contributed by atoms with Crippen LogP contribution in [0.2, 0.25) is 0 Å². The normalized spacial score (nSPS) is 13.7. The molecule has 1 N–H and O–H groups in total. The van der Waals surface area contributed by atoms with Crippen molar-refractivity contribution in [3.05, 3.63) is 35.7 Å². The Labute approximate surface area is 179 Å². The predicted octanol–water partition coefficient (Wildman–Crippen LogP) is 4.25. The molecule has 3 rings (SSSR count). The lowest BCUT2D eigenvalue weighted by atomic mass is 10.0. The fourth-order valence-corrected chi connectivity index (χ4v) is 3.98. The molecule has 0 atom stereocenters. The highest BCUT2D eigenvalue weighted by molar-refractivity contribution is 6.17. The number of rotatable bonds is 6. The van der Waals surface area contributed by atoms with Gasteiger partial charge in [0.05, 0.1) is 17.1 Å². The summed E-state index contributed by atoms with van der Waals surface area (Å²) in [5.74, 6) is -0.294. The van der Waals surface area contributed by atoms with E-state index in [1.807, 2.05) is 31.2 Å². The number of fused-ring (bicyclic) bond motifs is 2. The molecule has 0 spiro atoms. The van der Waals surface area contributed by atoms with Crippen LogP contribution in [-0.2, 0) is 11.8 Å². The quantitative estimate of drug-likeness (QED) is 0.771. The first-order valence-electron chi connectivity index (χ1n) is 10.7. The molecule has 1 aromatic carbocycles. The number of benzene rings is 1. The Morgan fingerprint density at radius 3 is 2.57 bits per heavy atom. The summed E-state index contributed by atoms with van der Waals surface area (Å²) in [5, 5.41) is 7.35. The third-order valence-corrected chi connectivity index (χ3v) is 5.60. The van der Waals surface area contributed by atoms with E-state index in [0.29, 0.717) is 41.4 Å². The molecule has 7 heteroatoms. The fraction of sp³-hybridized carbons (Fsp3) is 0.522. The lowest BCUT2D eigenvalue weighted by Crippen LogP contribution is -2.44. The number of hydrogen-bond donors (Lipinski definition) is 1. The van der Waals surface area contributed by atoms with Crippen LogP contribution < -0.4 is 10.2 Å². The number of unbranched alkanes of at least 4 members (excludes halogenated alkanes) is 1. The second-order valence-corrected chi connectivity index (χ2v) is 8.87. The van der Waals surface area contributed by atoms with Crippen molar-refractivity contribution in [1.82, 2.24) is 14.7 Å². The first-order valence-corrected chi connectivity index (χ1v) is 10.7. The molecule has 0 aliphatic carbocycles. The second kappa shape index (κ2) is 8.60. The van der Waals surface area contributed by atoms with E-state index in [-0.39, 0.29) is 17.4 Å². The van der Waals surface area contributed by atoms with Crippen molar-refractivity contribution in [2.24, 2.45) is 7.05 Å². The van der Waals surface area contributed by atoms with Gasteiger partial charge in [-0.2, -0.15) is 5.10 Å². The monoisotopic (exact) mass is 411 g/mol. The van der Waals surface area contributed by atoms with Crippen molar-refractivity contribution in [1.29, 1.82) is 0 Å². The number of para-hydroxylation sites is 2. The molecule has 0 bridgehead atoms. The van der Waals surface area contributed by atoms with Crippen molar-refractivity contribution in [3.63, 3.8) is 0 Å². The van der Waals surface area contributed by atoms with Crippen molar-refractivity contribution in [2.75, 3.05) is 23.3 Å². The molecule has 30 heavy (non-hydrogen) atoms. The van der Waals surface area contributed by atoms with E-state index in [4.69, 9.17) is 0 Å². The Balaban J connectivity index is 1.97. The Morgan fingerprint density at radius 2 is 1.90 bits per heavy atom. The molecule has 0 unspecified atom stereocenters. The topological polar surface area (TPSA) is 70.5 Å². The highest BCUT2D eigenvalue weighted by atomic mass is 16.2. The number of aromatic nitrogens is 2. The lowest BCUT2D eigenvalue weighted by molar-refractivity contribution is -0.118. The molecule has 0 saturated heterocycles. The molecule has 0 radical (unpaired) electrons. The van der Waals surface area contributed by atoms with E-state index < -0.39 is 0 Å². The minimum atomic E-state index is -0.255. The van der Waals surface area contributed by atoms with Gasteiger partial charge in [-0.15, -0.1) is 0 Å². The van der Waals surface area contributed by atoms with E-state index in [0.717, 1.165) is 19.4 Å². The summed E-state index contributed by atoms with van der Waals surface area (Å²) in [6, 6.07) is 7.43. The molecule has 2 heterocycles. The largest absolute Gasteiger partial charge is 0.319 e. The van der Waals surface area contributed by atoms with Crippen molar-refractivity contribution in [3.8, 4) is 0 Å². The summed E-state index contributed by atoms with van der Waals surface area (Å²) in [5.41, 5.74) is 2.92. The number of nitrogens with zero attached hydrogens (tertiary/aromatic N) is 4. The first kappa shape index (κ1) is 22.0. The Hall–Kier alpha value is -2.67. The molecule has 1 aliphatic heterocycles. The van der Waals surface area contributed by atoms with Crippen molar-refractivity contribution in [2.45, 2.75) is 59.4 Å². The van der Waals surface area contributed by atoms with Gasteiger partial charge in [-0.1, -0.05) is 25.5 Å². The molecular weight excluding hydrogens is 378 g/mol. The zero-order valence-corrected chi connectivity index (χ0v) is 19.0. The van der Waals surface area contributed by atoms with Crippen LogP contribution in [0.15, 0.2) is 24.3 Å². The summed E-state index contributed by atoms with van der Waals surface area (Å²) in [6.45, 7) is 12.2. The standard InChI is InChI=1S/C23H33N5O2/c1-7-8-14-27(23(3,4)5)15-13-19(29)28-18-12-10-9-11-17(18)24-22(30)21-20(28)16(2)25-26(21)6/h9-12H,7-8,13-15H2,1-6H3,(H,24,30). The van der Waals surface area contributed by atoms with Gasteiger partial charge in [0.25, 0.3) is 5.91 Å². The molecule has 162 valence electrons. The van der Waals surface area contributed by atoms with Crippen LogP contribution in [0.25, 0.3) is 0 Å². The fourth-order valence-electron chi connectivity index (χ4n) is 3.98. The van der Waals surface area contributed by atoms with E-state index in [9.17, 15) is 9.59 Å². The maximum atomic E-state index is 13.6. The Morgan fingerprint density at radius 1 is 1.20 bits per heavy atom. The predicted molar refractivity (Wildman–Crippen MR) is 120 cm³/mol. The van der Waals surface area contributed by atoms with Crippen LogP contribution in [-0.4, -0.2) is 45.1 Å². The van der Waals surface area contributed by atoms with Gasteiger partial charge in [0.15, 0.2) is 5.69 Å². The summed E-state index contributed by atoms with van der Waals surface area (Å²) < 4.78 is 1.55. The third kappa shape index (κ3) is 4.26. The number of carbonyl (C=O) groups is 2. The van der Waals surface area contributed by atoms with Gasteiger partial charge in [0.2, 0.25) is 5.91 Å². The van der Waals surface area contributed by atoms with Gasteiger partial charge >= 0.3 is 0 Å². The highest BCUT2D eigenvalue weighted by Gasteiger charge is 2.34. The smallest absolute Gasteiger partial charge is 0.276 e. The number of hydrogen-bond acceptors (Lipinski definition) is 4. The van der Waals surface area contributed by atoms with Crippen LogP contribution in [0.3, 0.4) is 0 Å². The van der Waals surface area contributed by atoms with E-state index in [1.54, 1.807) is 16.6 Å². The Bertz CT molecular complexity index is 942. The molecule has 1 aliphatic rings. The van der Waals surface area contributed by atoms with E-state index >= 15 is 0 Å². The SMILES string of the molecule is CCCCN(CCC(=O)N1c2ccccc2NC(=O)c2c1c(C)nn2C)C(C)(C)C.